The first-order valence-electron chi connectivity index (χ1n) is 16.3. The Hall–Kier alpha value is -1.23. The lowest BCUT2D eigenvalue weighted by Gasteiger charge is -2.64. The summed E-state index contributed by atoms with van der Waals surface area (Å²) in [5.74, 6) is -0.348. The number of aliphatic hydroxyl groups excluding tert-OH is 8. The summed E-state index contributed by atoms with van der Waals surface area (Å²) >= 11 is 0. The van der Waals surface area contributed by atoms with E-state index in [1.807, 2.05) is 6.92 Å². The Morgan fingerprint density at radius 3 is 2.00 bits per heavy atom. The Labute approximate surface area is 262 Å². The van der Waals surface area contributed by atoms with E-state index in [2.05, 4.69) is 13.5 Å². The molecule has 0 aromatic carbocycles. The lowest BCUT2D eigenvalue weighted by atomic mass is 9.41. The van der Waals surface area contributed by atoms with Crippen LogP contribution in [0.2, 0.25) is 0 Å². The first-order chi connectivity index (χ1) is 21.2. The van der Waals surface area contributed by atoms with Crippen LogP contribution in [0.25, 0.3) is 0 Å². The van der Waals surface area contributed by atoms with E-state index >= 15 is 0 Å². The molecule has 2 saturated heterocycles. The third-order valence-corrected chi connectivity index (χ3v) is 12.9. The predicted molar refractivity (Wildman–Crippen MR) is 154 cm³/mol. The van der Waals surface area contributed by atoms with Gasteiger partial charge in [-0.1, -0.05) is 19.9 Å². The summed E-state index contributed by atoms with van der Waals surface area (Å²) in [5.41, 5.74) is -1.20. The van der Waals surface area contributed by atoms with Crippen LogP contribution in [0.15, 0.2) is 12.2 Å². The van der Waals surface area contributed by atoms with E-state index in [0.717, 1.165) is 37.7 Å². The number of aliphatic hydroxyl groups is 8. The van der Waals surface area contributed by atoms with Gasteiger partial charge in [0.15, 0.2) is 6.29 Å². The summed E-state index contributed by atoms with van der Waals surface area (Å²) in [6, 6.07) is 0. The highest BCUT2D eigenvalue weighted by atomic mass is 16.7. The first-order valence-corrected chi connectivity index (χ1v) is 16.3. The fourth-order valence-corrected chi connectivity index (χ4v) is 10.5. The van der Waals surface area contributed by atoms with Gasteiger partial charge in [0.2, 0.25) is 6.29 Å². The topological polar surface area (TPSA) is 216 Å². The van der Waals surface area contributed by atoms with Gasteiger partial charge in [0.05, 0.1) is 24.2 Å². The molecule has 2 aliphatic heterocycles. The van der Waals surface area contributed by atoms with Gasteiger partial charge in [0.1, 0.15) is 48.8 Å². The highest BCUT2D eigenvalue weighted by Gasteiger charge is 2.69. The number of fused-ring (bicyclic) bond motifs is 3. The zero-order chi connectivity index (χ0) is 32.7. The van der Waals surface area contributed by atoms with Crippen LogP contribution in [0.5, 0.6) is 0 Å². The quantitative estimate of drug-likeness (QED) is 0.102. The number of carbonyl (C=O) groups is 1. The van der Waals surface area contributed by atoms with Crippen LogP contribution in [0, 0.1) is 28.1 Å². The maximum Gasteiger partial charge on any atom is 0.314 e. The Balaban J connectivity index is 1.20. The van der Waals surface area contributed by atoms with Gasteiger partial charge in [-0.3, -0.25) is 4.79 Å². The van der Waals surface area contributed by atoms with E-state index in [1.165, 1.54) is 0 Å². The number of carbonyl (C=O) groups excluding carboxylic acids is 1. The van der Waals surface area contributed by atoms with Crippen molar-refractivity contribution in [3.05, 3.63) is 12.2 Å². The molecular formula is C32H50O13. The summed E-state index contributed by atoms with van der Waals surface area (Å²) in [7, 11) is 0. The van der Waals surface area contributed by atoms with Gasteiger partial charge in [-0.25, -0.2) is 0 Å². The molecule has 8 N–H and O–H groups in total. The van der Waals surface area contributed by atoms with Crippen molar-refractivity contribution in [1.82, 2.24) is 0 Å². The molecule has 1 spiro atoms. The van der Waals surface area contributed by atoms with Crippen molar-refractivity contribution < 1.29 is 64.6 Å². The molecule has 4 aliphatic carbocycles. The number of hydrogen-bond acceptors (Lipinski definition) is 13. The maximum atomic E-state index is 13.9. The molecule has 0 aromatic heterocycles. The second-order valence-electron chi connectivity index (χ2n) is 15.2. The molecule has 2 bridgehead atoms. The Kier molecular flexibility index (Phi) is 8.77. The standard InChI is InChI=1S/C32H50O13/c1-15-11-31-9-5-18-29(2,7-4-8-30(18,3)28(41)44-26-24(39)22(37)20(35)16(12-33)42-26)19(31)6-10-32(15,14-31)45-27-25(40)23(38)21(36)17(13-34)43-27/h16-27,33-40H,1,4-14H2,2-3H3/t16-,17-,18+,19+,20-,21-,22+,23+,24-,25-,26+,27+,29-,30-,31+,32-/m1/s1. The van der Waals surface area contributed by atoms with Crippen LogP contribution < -0.4 is 0 Å². The summed E-state index contributed by atoms with van der Waals surface area (Å²) in [5, 5.41) is 81.4. The fourth-order valence-electron chi connectivity index (χ4n) is 10.5. The zero-order valence-electron chi connectivity index (χ0n) is 26.0. The van der Waals surface area contributed by atoms with Crippen LogP contribution in [0.3, 0.4) is 0 Å². The van der Waals surface area contributed by atoms with Gasteiger partial charge in [0.25, 0.3) is 0 Å². The molecule has 0 aromatic rings. The van der Waals surface area contributed by atoms with Crippen molar-refractivity contribution in [2.45, 2.75) is 139 Å². The van der Waals surface area contributed by atoms with E-state index in [0.29, 0.717) is 25.7 Å². The minimum Gasteiger partial charge on any atom is -0.432 e. The number of hydrogen-bond donors (Lipinski definition) is 8. The maximum absolute atomic E-state index is 13.9. The van der Waals surface area contributed by atoms with Crippen LogP contribution in [-0.2, 0) is 23.7 Å². The van der Waals surface area contributed by atoms with Gasteiger partial charge >= 0.3 is 5.97 Å². The molecule has 6 fully saturated rings. The largest absolute Gasteiger partial charge is 0.432 e. The third-order valence-electron chi connectivity index (χ3n) is 12.9. The molecular weight excluding hydrogens is 592 g/mol. The second-order valence-corrected chi connectivity index (χ2v) is 15.2. The van der Waals surface area contributed by atoms with Crippen molar-refractivity contribution in [3.8, 4) is 0 Å². The third kappa shape index (κ3) is 5.04. The highest BCUT2D eigenvalue weighted by molar-refractivity contribution is 5.77. The van der Waals surface area contributed by atoms with Crippen molar-refractivity contribution in [2.75, 3.05) is 13.2 Å². The predicted octanol–water partition coefficient (Wildman–Crippen LogP) is -0.762. The van der Waals surface area contributed by atoms with Crippen LogP contribution in [-0.4, -0.2) is 127 Å². The molecule has 0 unspecified atom stereocenters. The Bertz CT molecular complexity index is 1150. The van der Waals surface area contributed by atoms with Crippen molar-refractivity contribution in [3.63, 3.8) is 0 Å². The van der Waals surface area contributed by atoms with Gasteiger partial charge in [-0.05, 0) is 86.5 Å². The Morgan fingerprint density at radius 2 is 1.38 bits per heavy atom. The van der Waals surface area contributed by atoms with Gasteiger partial charge in [-0.2, -0.15) is 0 Å². The summed E-state index contributed by atoms with van der Waals surface area (Å²) < 4.78 is 23.4. The van der Waals surface area contributed by atoms with Gasteiger partial charge < -0.3 is 59.8 Å². The molecule has 13 heteroatoms. The molecule has 0 radical (unpaired) electrons. The van der Waals surface area contributed by atoms with Crippen molar-refractivity contribution >= 4 is 5.97 Å². The molecule has 45 heavy (non-hydrogen) atoms. The second kappa shape index (κ2) is 11.7. The Morgan fingerprint density at radius 1 is 0.800 bits per heavy atom. The number of ether oxygens (including phenoxy) is 4. The summed E-state index contributed by atoms with van der Waals surface area (Å²) in [6.45, 7) is 7.41. The van der Waals surface area contributed by atoms with Gasteiger partial charge in [0, 0.05) is 0 Å². The van der Waals surface area contributed by atoms with Crippen molar-refractivity contribution in [2.24, 2.45) is 28.1 Å². The van der Waals surface area contributed by atoms with E-state index in [-0.39, 0.29) is 22.7 Å². The molecule has 13 nitrogen and oxygen atoms in total. The van der Waals surface area contributed by atoms with Crippen LogP contribution in [0.1, 0.15) is 71.6 Å². The van der Waals surface area contributed by atoms with Crippen LogP contribution >= 0.6 is 0 Å². The zero-order valence-corrected chi connectivity index (χ0v) is 26.0. The summed E-state index contributed by atoms with van der Waals surface area (Å²) in [4.78, 5) is 13.9. The molecule has 2 heterocycles. The molecule has 0 amide bonds. The van der Waals surface area contributed by atoms with E-state index in [4.69, 9.17) is 18.9 Å². The van der Waals surface area contributed by atoms with Crippen LogP contribution in [0.4, 0.5) is 0 Å². The SMILES string of the molecule is C=C1C[C@]23CC[C@H]4[C@@](C)(CCC[C@@]4(C)C(=O)O[C@@H]4O[C@H](CO)[C@@H](O)[C@H](O)[C@H]4O)[C@@H]2CC[C@@]1(O[C@@H]1O[C@H](CO)[C@@H](O)[C@H](O)[C@H]1O)C3. The van der Waals surface area contributed by atoms with E-state index < -0.39 is 91.6 Å². The molecule has 4 saturated carbocycles. The molecule has 6 aliphatic rings. The average Bonchev–Trinajstić information content (AvgIpc) is 3.20. The highest BCUT2D eigenvalue weighted by Crippen LogP contribution is 2.73. The van der Waals surface area contributed by atoms with E-state index in [9.17, 15) is 45.6 Å². The normalized spacial score (nSPS) is 54.7. The van der Waals surface area contributed by atoms with Gasteiger partial charge in [-0.15, -0.1) is 0 Å². The monoisotopic (exact) mass is 642 g/mol. The smallest absolute Gasteiger partial charge is 0.314 e. The molecule has 16 atom stereocenters. The minimum absolute atomic E-state index is 0.0421. The first kappa shape index (κ1) is 33.7. The average molecular weight is 643 g/mol. The number of rotatable bonds is 6. The molecule has 256 valence electrons. The number of esters is 1. The lowest BCUT2D eigenvalue weighted by Crippen LogP contribution is -2.63. The molecule has 6 rings (SSSR count). The van der Waals surface area contributed by atoms with Crippen molar-refractivity contribution in [1.29, 1.82) is 0 Å². The summed E-state index contributed by atoms with van der Waals surface area (Å²) in [6.07, 6.45) is -7.82. The van der Waals surface area contributed by atoms with E-state index in [1.54, 1.807) is 0 Å². The lowest BCUT2D eigenvalue weighted by molar-refractivity contribution is -0.327. The fraction of sp³-hybridized carbons (Fsp3) is 0.906. The minimum atomic E-state index is -1.67.